The molecule has 4 aliphatic heterocycles. The maximum Gasteiger partial charge on any atom is 0.249 e. The van der Waals surface area contributed by atoms with E-state index in [1.54, 1.807) is 16.7 Å². The molecular weight excluding hydrogens is 446 g/mol. The number of carbonyl (C=O) groups is 3. The van der Waals surface area contributed by atoms with Gasteiger partial charge in [-0.3, -0.25) is 14.4 Å². The zero-order valence-corrected chi connectivity index (χ0v) is 20.2. The minimum absolute atomic E-state index is 0.111. The van der Waals surface area contributed by atoms with Crippen LogP contribution in [0.3, 0.4) is 0 Å². The standard InChI is InChI=1S/C27H33N3O5/c1-3-13-28-14-7-11-20-21(24(28)32)22-25(33)30(18(2)17-31)23-26(34)29(15-8-12-27(22,23)35-20)16-19-9-5-4-6-10-19/h4-12,18,20-23,31H,3,13-17H2,1-2H3/t18-,20+,21-,22+,23?,27+/m1/s1. The number of hydrogen-bond acceptors (Lipinski definition) is 5. The molecule has 1 unspecified atom stereocenters. The van der Waals surface area contributed by atoms with Gasteiger partial charge in [-0.1, -0.05) is 61.6 Å². The fourth-order valence-electron chi connectivity index (χ4n) is 6.15. The van der Waals surface area contributed by atoms with Gasteiger partial charge in [0.15, 0.2) is 0 Å². The van der Waals surface area contributed by atoms with Gasteiger partial charge in [-0.15, -0.1) is 0 Å². The van der Waals surface area contributed by atoms with Crippen LogP contribution < -0.4 is 0 Å². The molecule has 4 heterocycles. The third-order valence-electron chi connectivity index (χ3n) is 7.71. The largest absolute Gasteiger partial charge is 0.394 e. The Morgan fingerprint density at radius 3 is 2.51 bits per heavy atom. The number of benzene rings is 1. The van der Waals surface area contributed by atoms with E-state index in [1.165, 1.54) is 4.90 Å². The number of likely N-dealkylation sites (tertiary alicyclic amines) is 1. The predicted octanol–water partition coefficient (Wildman–Crippen LogP) is 1.36. The number of aliphatic hydroxyl groups is 1. The minimum atomic E-state index is -1.26. The molecule has 8 heteroatoms. The number of aliphatic hydroxyl groups excluding tert-OH is 1. The highest BCUT2D eigenvalue weighted by molar-refractivity contribution is 6.00. The highest BCUT2D eigenvalue weighted by atomic mass is 16.5. The van der Waals surface area contributed by atoms with Crippen LogP contribution in [-0.2, 0) is 25.7 Å². The first-order valence-electron chi connectivity index (χ1n) is 12.5. The molecule has 1 aromatic rings. The molecule has 5 rings (SSSR count). The lowest BCUT2D eigenvalue weighted by atomic mass is 9.77. The first kappa shape index (κ1) is 23.8. The first-order chi connectivity index (χ1) is 16.9. The number of ether oxygens (including phenoxy) is 1. The SMILES string of the molecule is CCCN1CC=C[C@@H]2O[C@]34C=CCN(Cc5ccccc5)C(=O)C3N([C@H](C)CO)C(=O)[C@@H]4[C@@H]2C1=O. The summed E-state index contributed by atoms with van der Waals surface area (Å²) in [4.78, 5) is 46.7. The van der Waals surface area contributed by atoms with Crippen molar-refractivity contribution in [1.29, 1.82) is 0 Å². The molecule has 4 aliphatic rings. The van der Waals surface area contributed by atoms with E-state index >= 15 is 0 Å². The summed E-state index contributed by atoms with van der Waals surface area (Å²) in [5.74, 6) is -2.17. The number of carbonyl (C=O) groups excluding carboxylic acids is 3. The number of hydrogen-bond donors (Lipinski definition) is 1. The fraction of sp³-hybridized carbons (Fsp3) is 0.519. The number of rotatable bonds is 6. The van der Waals surface area contributed by atoms with Gasteiger partial charge in [-0.2, -0.15) is 0 Å². The van der Waals surface area contributed by atoms with E-state index in [-0.39, 0.29) is 24.3 Å². The molecular formula is C27H33N3O5. The van der Waals surface area contributed by atoms with E-state index in [2.05, 4.69) is 0 Å². The minimum Gasteiger partial charge on any atom is -0.394 e. The van der Waals surface area contributed by atoms with Gasteiger partial charge in [0, 0.05) is 26.2 Å². The van der Waals surface area contributed by atoms with Crippen molar-refractivity contribution in [2.75, 3.05) is 26.2 Å². The summed E-state index contributed by atoms with van der Waals surface area (Å²) in [6, 6.07) is 8.17. The Balaban J connectivity index is 1.57. The molecule has 0 saturated carbocycles. The van der Waals surface area contributed by atoms with Crippen molar-refractivity contribution in [3.8, 4) is 0 Å². The van der Waals surface area contributed by atoms with Crippen LogP contribution in [0.5, 0.6) is 0 Å². The predicted molar refractivity (Wildman–Crippen MR) is 129 cm³/mol. The van der Waals surface area contributed by atoms with Crippen LogP contribution in [0.1, 0.15) is 25.8 Å². The highest BCUT2D eigenvalue weighted by Gasteiger charge is 2.72. The molecule has 186 valence electrons. The molecule has 2 saturated heterocycles. The van der Waals surface area contributed by atoms with Crippen molar-refractivity contribution in [2.24, 2.45) is 11.8 Å². The van der Waals surface area contributed by atoms with E-state index in [0.29, 0.717) is 26.2 Å². The first-order valence-corrected chi connectivity index (χ1v) is 12.5. The topological polar surface area (TPSA) is 90.4 Å². The average Bonchev–Trinajstić information content (AvgIpc) is 3.19. The summed E-state index contributed by atoms with van der Waals surface area (Å²) in [6.07, 6.45) is 7.76. The summed E-state index contributed by atoms with van der Waals surface area (Å²) >= 11 is 0. The van der Waals surface area contributed by atoms with Crippen molar-refractivity contribution >= 4 is 17.7 Å². The summed E-state index contributed by atoms with van der Waals surface area (Å²) in [5.41, 5.74) is -0.271. The molecule has 6 atom stereocenters. The average molecular weight is 480 g/mol. The zero-order valence-electron chi connectivity index (χ0n) is 20.2. The van der Waals surface area contributed by atoms with Gasteiger partial charge in [0.1, 0.15) is 11.6 Å². The summed E-state index contributed by atoms with van der Waals surface area (Å²) in [6.45, 7) is 5.31. The monoisotopic (exact) mass is 479 g/mol. The molecule has 0 aliphatic carbocycles. The van der Waals surface area contributed by atoms with Crippen LogP contribution in [0.4, 0.5) is 0 Å². The van der Waals surface area contributed by atoms with E-state index in [1.807, 2.05) is 61.6 Å². The molecule has 0 radical (unpaired) electrons. The lowest BCUT2D eigenvalue weighted by Gasteiger charge is -2.37. The van der Waals surface area contributed by atoms with E-state index < -0.39 is 35.6 Å². The molecule has 35 heavy (non-hydrogen) atoms. The van der Waals surface area contributed by atoms with Crippen molar-refractivity contribution in [1.82, 2.24) is 14.7 Å². The third kappa shape index (κ3) is 3.70. The number of nitrogens with zero attached hydrogens (tertiary/aromatic N) is 3. The van der Waals surface area contributed by atoms with Crippen LogP contribution >= 0.6 is 0 Å². The second-order valence-corrected chi connectivity index (χ2v) is 9.94. The maximum atomic E-state index is 14.1. The molecule has 1 aromatic carbocycles. The molecule has 3 amide bonds. The van der Waals surface area contributed by atoms with E-state index in [9.17, 15) is 19.5 Å². The Morgan fingerprint density at radius 2 is 1.80 bits per heavy atom. The van der Waals surface area contributed by atoms with Crippen LogP contribution in [-0.4, -0.2) is 87.6 Å². The molecule has 0 bridgehead atoms. The second kappa shape index (κ2) is 9.24. The Hall–Kier alpha value is -2.97. The fourth-order valence-corrected chi connectivity index (χ4v) is 6.15. The van der Waals surface area contributed by atoms with Crippen LogP contribution in [0.15, 0.2) is 54.6 Å². The zero-order chi connectivity index (χ0) is 24.7. The van der Waals surface area contributed by atoms with Crippen molar-refractivity contribution in [2.45, 2.75) is 50.6 Å². The van der Waals surface area contributed by atoms with Crippen molar-refractivity contribution < 1.29 is 24.2 Å². The van der Waals surface area contributed by atoms with Crippen molar-refractivity contribution in [3.63, 3.8) is 0 Å². The summed E-state index contributed by atoms with van der Waals surface area (Å²) in [5, 5.41) is 10.00. The maximum absolute atomic E-state index is 14.1. The molecule has 2 fully saturated rings. The van der Waals surface area contributed by atoms with Crippen LogP contribution in [0.25, 0.3) is 0 Å². The lowest BCUT2D eigenvalue weighted by molar-refractivity contribution is -0.151. The molecule has 0 aromatic heterocycles. The Labute approximate surface area is 205 Å². The van der Waals surface area contributed by atoms with Crippen molar-refractivity contribution in [3.05, 3.63) is 60.2 Å². The van der Waals surface area contributed by atoms with E-state index in [4.69, 9.17) is 4.74 Å². The van der Waals surface area contributed by atoms with Gasteiger partial charge in [-0.25, -0.2) is 0 Å². The summed E-state index contributed by atoms with van der Waals surface area (Å²) in [7, 11) is 0. The van der Waals surface area contributed by atoms with Crippen LogP contribution in [0.2, 0.25) is 0 Å². The molecule has 8 nitrogen and oxygen atoms in total. The Kier molecular flexibility index (Phi) is 6.27. The molecule has 1 N–H and O–H groups in total. The number of amides is 3. The van der Waals surface area contributed by atoms with E-state index in [0.717, 1.165) is 12.0 Å². The Bertz CT molecular complexity index is 1060. The quantitative estimate of drug-likeness (QED) is 0.623. The normalized spacial score (nSPS) is 32.9. The lowest BCUT2D eigenvalue weighted by Crippen LogP contribution is -2.57. The van der Waals surface area contributed by atoms with Gasteiger partial charge in [0.2, 0.25) is 17.7 Å². The van der Waals surface area contributed by atoms with Gasteiger partial charge < -0.3 is 24.5 Å². The number of fused-ring (bicyclic) bond motifs is 2. The van der Waals surface area contributed by atoms with Gasteiger partial charge >= 0.3 is 0 Å². The van der Waals surface area contributed by atoms with Gasteiger partial charge in [0.05, 0.1) is 30.6 Å². The Morgan fingerprint density at radius 1 is 1.06 bits per heavy atom. The van der Waals surface area contributed by atoms with Gasteiger partial charge in [0.25, 0.3) is 0 Å². The third-order valence-corrected chi connectivity index (χ3v) is 7.71. The van der Waals surface area contributed by atoms with Crippen LogP contribution in [0, 0.1) is 11.8 Å². The highest BCUT2D eigenvalue weighted by Crippen LogP contribution is 2.53. The summed E-state index contributed by atoms with van der Waals surface area (Å²) < 4.78 is 6.59. The van der Waals surface area contributed by atoms with Gasteiger partial charge in [-0.05, 0) is 18.9 Å². The smallest absolute Gasteiger partial charge is 0.249 e. The second-order valence-electron chi connectivity index (χ2n) is 9.94. The molecule has 1 spiro atoms.